The number of nitrogens with zero attached hydrogens (tertiary/aromatic N) is 2. The Morgan fingerprint density at radius 3 is 2.37 bits per heavy atom. The summed E-state index contributed by atoms with van der Waals surface area (Å²) in [4.78, 5) is 29.1. The third-order valence-electron chi connectivity index (χ3n) is 6.23. The van der Waals surface area contributed by atoms with E-state index in [4.69, 9.17) is 0 Å². The molecule has 2 aromatic rings. The predicted molar refractivity (Wildman–Crippen MR) is 121 cm³/mol. The molecule has 30 heavy (non-hydrogen) atoms. The molecule has 0 aliphatic carbocycles. The van der Waals surface area contributed by atoms with Crippen molar-refractivity contribution in [2.45, 2.75) is 51.5 Å². The molecule has 5 nitrogen and oxygen atoms in total. The minimum atomic E-state index is 0.0332. The number of para-hydroxylation sites is 2. The number of piperidine rings is 1. The molecule has 2 amide bonds. The highest BCUT2D eigenvalue weighted by molar-refractivity contribution is 6.01. The molecule has 158 valence electrons. The Morgan fingerprint density at radius 1 is 1.03 bits per heavy atom. The van der Waals surface area contributed by atoms with Crippen LogP contribution in [0, 0.1) is 0 Å². The number of carbonyl (C=O) groups excluding carboxylic acids is 2. The third kappa shape index (κ3) is 4.35. The molecule has 0 bridgehead atoms. The van der Waals surface area contributed by atoms with Crippen LogP contribution in [0.5, 0.6) is 0 Å². The van der Waals surface area contributed by atoms with Gasteiger partial charge in [-0.15, -0.1) is 0 Å². The number of likely N-dealkylation sites (tertiary alicyclic amines) is 1. The van der Waals surface area contributed by atoms with Gasteiger partial charge >= 0.3 is 0 Å². The Kier molecular flexibility index (Phi) is 5.54. The van der Waals surface area contributed by atoms with Crippen molar-refractivity contribution in [1.29, 1.82) is 0 Å². The normalized spacial score (nSPS) is 17.5. The number of rotatable bonds is 3. The van der Waals surface area contributed by atoms with Crippen molar-refractivity contribution in [2.24, 2.45) is 0 Å². The number of amides is 2. The standard InChI is InChI=1S/C25H31N3O2/c1-25(2,3)19-10-8-18(9-11-19)16-24(30)27-14-12-20(13-15-27)28-17-23(29)26-21-6-4-5-7-22(21)28/h4-11,20H,12-17H2,1-3H3,(H,26,29). The molecule has 1 saturated heterocycles. The summed E-state index contributed by atoms with van der Waals surface area (Å²) in [5, 5.41) is 2.95. The summed E-state index contributed by atoms with van der Waals surface area (Å²) in [5.41, 5.74) is 4.43. The Hall–Kier alpha value is -2.82. The van der Waals surface area contributed by atoms with E-state index in [9.17, 15) is 9.59 Å². The van der Waals surface area contributed by atoms with Crippen LogP contribution >= 0.6 is 0 Å². The molecule has 0 spiro atoms. The maximum absolute atomic E-state index is 12.8. The van der Waals surface area contributed by atoms with Crippen molar-refractivity contribution in [3.05, 3.63) is 59.7 Å². The van der Waals surface area contributed by atoms with Crippen molar-refractivity contribution in [2.75, 3.05) is 29.9 Å². The largest absolute Gasteiger partial charge is 0.357 e. The quantitative estimate of drug-likeness (QED) is 0.841. The number of anilines is 2. The van der Waals surface area contributed by atoms with E-state index in [0.717, 1.165) is 42.9 Å². The first-order chi connectivity index (χ1) is 14.3. The summed E-state index contributed by atoms with van der Waals surface area (Å²) < 4.78 is 0. The molecule has 0 saturated carbocycles. The van der Waals surface area contributed by atoms with E-state index in [1.165, 1.54) is 5.56 Å². The monoisotopic (exact) mass is 405 g/mol. The van der Waals surface area contributed by atoms with Crippen molar-refractivity contribution < 1.29 is 9.59 Å². The average molecular weight is 406 g/mol. The minimum absolute atomic E-state index is 0.0332. The van der Waals surface area contributed by atoms with Crippen LogP contribution in [-0.2, 0) is 21.4 Å². The van der Waals surface area contributed by atoms with E-state index in [1.54, 1.807) is 0 Å². The fourth-order valence-electron chi connectivity index (χ4n) is 4.42. The molecule has 0 atom stereocenters. The van der Waals surface area contributed by atoms with Gasteiger partial charge < -0.3 is 15.1 Å². The van der Waals surface area contributed by atoms with Crippen LogP contribution in [-0.4, -0.2) is 42.4 Å². The summed E-state index contributed by atoms with van der Waals surface area (Å²) in [7, 11) is 0. The summed E-state index contributed by atoms with van der Waals surface area (Å²) in [6, 6.07) is 16.7. The van der Waals surface area contributed by atoms with Gasteiger partial charge in [0.25, 0.3) is 0 Å². The molecule has 0 aromatic heterocycles. The molecule has 5 heteroatoms. The predicted octanol–water partition coefficient (Wildman–Crippen LogP) is 3.98. The molecule has 2 aliphatic heterocycles. The van der Waals surface area contributed by atoms with Gasteiger partial charge in [0.2, 0.25) is 11.8 Å². The average Bonchev–Trinajstić information content (AvgIpc) is 2.73. The van der Waals surface area contributed by atoms with Gasteiger partial charge in [-0.3, -0.25) is 9.59 Å². The summed E-state index contributed by atoms with van der Waals surface area (Å²) in [6.07, 6.45) is 2.22. The van der Waals surface area contributed by atoms with Crippen LogP contribution in [0.25, 0.3) is 0 Å². The zero-order valence-corrected chi connectivity index (χ0v) is 18.1. The second-order valence-corrected chi connectivity index (χ2v) is 9.43. The van der Waals surface area contributed by atoms with E-state index in [2.05, 4.69) is 61.3 Å². The highest BCUT2D eigenvalue weighted by Crippen LogP contribution is 2.33. The second kappa shape index (κ2) is 8.13. The molecule has 2 heterocycles. The highest BCUT2D eigenvalue weighted by atomic mass is 16.2. The van der Waals surface area contributed by atoms with Gasteiger partial charge in [-0.05, 0) is 41.5 Å². The maximum Gasteiger partial charge on any atom is 0.243 e. The van der Waals surface area contributed by atoms with Crippen LogP contribution in [0.15, 0.2) is 48.5 Å². The van der Waals surface area contributed by atoms with Gasteiger partial charge in [0.1, 0.15) is 0 Å². The number of nitrogens with one attached hydrogen (secondary N) is 1. The SMILES string of the molecule is CC(C)(C)c1ccc(CC(=O)N2CCC(N3CC(=O)Nc4ccccc43)CC2)cc1. The van der Waals surface area contributed by atoms with E-state index >= 15 is 0 Å². The number of hydrogen-bond donors (Lipinski definition) is 1. The Labute approximate surface area is 179 Å². The van der Waals surface area contributed by atoms with Crippen molar-refractivity contribution in [3.63, 3.8) is 0 Å². The topological polar surface area (TPSA) is 52.7 Å². The first-order valence-electron chi connectivity index (χ1n) is 10.8. The maximum atomic E-state index is 12.8. The fourth-order valence-corrected chi connectivity index (χ4v) is 4.42. The Balaban J connectivity index is 1.36. The molecule has 1 N–H and O–H groups in total. The van der Waals surface area contributed by atoms with Crippen molar-refractivity contribution >= 4 is 23.2 Å². The van der Waals surface area contributed by atoms with Crippen LogP contribution in [0.3, 0.4) is 0 Å². The lowest BCUT2D eigenvalue weighted by molar-refractivity contribution is -0.131. The molecular formula is C25H31N3O2. The molecule has 2 aliphatic rings. The van der Waals surface area contributed by atoms with Crippen molar-refractivity contribution in [1.82, 2.24) is 4.90 Å². The molecule has 4 rings (SSSR count). The zero-order chi connectivity index (χ0) is 21.3. The molecule has 0 radical (unpaired) electrons. The highest BCUT2D eigenvalue weighted by Gasteiger charge is 2.31. The number of hydrogen-bond acceptors (Lipinski definition) is 3. The van der Waals surface area contributed by atoms with Crippen LogP contribution in [0.1, 0.15) is 44.7 Å². The van der Waals surface area contributed by atoms with E-state index in [-0.39, 0.29) is 23.3 Å². The molecule has 1 fully saturated rings. The third-order valence-corrected chi connectivity index (χ3v) is 6.23. The Morgan fingerprint density at radius 2 is 1.70 bits per heavy atom. The first-order valence-corrected chi connectivity index (χ1v) is 10.8. The Bertz CT molecular complexity index is 922. The smallest absolute Gasteiger partial charge is 0.243 e. The summed E-state index contributed by atoms with van der Waals surface area (Å²) in [5.74, 6) is 0.222. The molecule has 0 unspecified atom stereocenters. The zero-order valence-electron chi connectivity index (χ0n) is 18.1. The number of fused-ring (bicyclic) bond motifs is 1. The molecule has 2 aromatic carbocycles. The van der Waals surface area contributed by atoms with Gasteiger partial charge in [0, 0.05) is 19.1 Å². The van der Waals surface area contributed by atoms with Gasteiger partial charge in [-0.25, -0.2) is 0 Å². The van der Waals surface area contributed by atoms with Crippen LogP contribution in [0.2, 0.25) is 0 Å². The lowest BCUT2D eigenvalue weighted by Crippen LogP contribution is -2.50. The lowest BCUT2D eigenvalue weighted by Gasteiger charge is -2.41. The minimum Gasteiger partial charge on any atom is -0.357 e. The lowest BCUT2D eigenvalue weighted by atomic mass is 9.86. The fraction of sp³-hybridized carbons (Fsp3) is 0.440. The van der Waals surface area contributed by atoms with Gasteiger partial charge in [0.05, 0.1) is 24.3 Å². The molecular weight excluding hydrogens is 374 g/mol. The van der Waals surface area contributed by atoms with Gasteiger partial charge in [-0.2, -0.15) is 0 Å². The van der Waals surface area contributed by atoms with Gasteiger partial charge in [-0.1, -0.05) is 57.2 Å². The van der Waals surface area contributed by atoms with E-state index < -0.39 is 0 Å². The van der Waals surface area contributed by atoms with Gasteiger partial charge in [0.15, 0.2) is 0 Å². The number of benzene rings is 2. The van der Waals surface area contributed by atoms with Crippen LogP contribution in [0.4, 0.5) is 11.4 Å². The summed E-state index contributed by atoms with van der Waals surface area (Å²) >= 11 is 0. The first kappa shape index (κ1) is 20.5. The number of carbonyl (C=O) groups is 2. The van der Waals surface area contributed by atoms with Crippen LogP contribution < -0.4 is 10.2 Å². The van der Waals surface area contributed by atoms with E-state index in [1.807, 2.05) is 23.1 Å². The van der Waals surface area contributed by atoms with E-state index in [0.29, 0.717) is 13.0 Å². The van der Waals surface area contributed by atoms with Crippen molar-refractivity contribution in [3.8, 4) is 0 Å². The summed E-state index contributed by atoms with van der Waals surface area (Å²) in [6.45, 7) is 8.45. The second-order valence-electron chi connectivity index (χ2n) is 9.43.